The zero-order valence-electron chi connectivity index (χ0n) is 18.9. The summed E-state index contributed by atoms with van der Waals surface area (Å²) in [5, 5.41) is 4.32. The van der Waals surface area contributed by atoms with Crippen LogP contribution in [0.1, 0.15) is 28.9 Å². The van der Waals surface area contributed by atoms with E-state index in [1.165, 1.54) is 0 Å². The Morgan fingerprint density at radius 1 is 1.12 bits per heavy atom. The number of likely N-dealkylation sites (tertiary alicyclic amines) is 1. The molecule has 7 nitrogen and oxygen atoms in total. The molecule has 0 atom stereocenters. The van der Waals surface area contributed by atoms with E-state index < -0.39 is 5.72 Å². The summed E-state index contributed by atoms with van der Waals surface area (Å²) >= 11 is 3.50. The van der Waals surface area contributed by atoms with E-state index in [1.807, 2.05) is 52.9 Å². The second-order valence-electron chi connectivity index (χ2n) is 8.45. The molecule has 33 heavy (non-hydrogen) atoms. The van der Waals surface area contributed by atoms with Gasteiger partial charge in [0, 0.05) is 54.1 Å². The lowest BCUT2D eigenvalue weighted by molar-refractivity contribution is -0.0147. The number of piperidine rings is 1. The highest BCUT2D eigenvalue weighted by Crippen LogP contribution is 2.39. The van der Waals surface area contributed by atoms with Gasteiger partial charge in [-0.15, -0.1) is 0 Å². The number of aryl methyl sites for hydroxylation is 1. The molecule has 3 heterocycles. The van der Waals surface area contributed by atoms with Gasteiger partial charge in [0.25, 0.3) is 5.91 Å². The normalized spacial score (nSPS) is 16.8. The average molecular weight is 512 g/mol. The van der Waals surface area contributed by atoms with Crippen molar-refractivity contribution < 1.29 is 19.0 Å². The minimum atomic E-state index is -0.556. The number of carbonyl (C=O) groups is 1. The highest BCUT2D eigenvalue weighted by atomic mass is 79.9. The Morgan fingerprint density at radius 3 is 2.52 bits per heavy atom. The Kier molecular flexibility index (Phi) is 5.28. The second-order valence-corrected chi connectivity index (χ2v) is 9.37. The number of amides is 1. The third kappa shape index (κ3) is 3.53. The van der Waals surface area contributed by atoms with Crippen LogP contribution in [0.15, 0.2) is 47.4 Å². The molecule has 0 bridgehead atoms. The Hall–Kier alpha value is -3.13. The highest BCUT2D eigenvalue weighted by Gasteiger charge is 2.42. The molecular weight excluding hydrogens is 486 g/mol. The first-order chi connectivity index (χ1) is 15.9. The highest BCUT2D eigenvalue weighted by molar-refractivity contribution is 9.10. The number of nitrogens with one attached hydrogen (secondary N) is 1. The topological polar surface area (TPSA) is 65.0 Å². The number of nitrogens with zero attached hydrogens (tertiary/aromatic N) is 2. The lowest BCUT2D eigenvalue weighted by Gasteiger charge is -2.46. The first-order valence-corrected chi connectivity index (χ1v) is 11.6. The van der Waals surface area contributed by atoms with Crippen LogP contribution in [0.5, 0.6) is 17.2 Å². The summed E-state index contributed by atoms with van der Waals surface area (Å²) in [5.74, 6) is 2.21. The number of hydrogen-bond donors (Lipinski definition) is 1. The van der Waals surface area contributed by atoms with Crippen molar-refractivity contribution in [3.8, 4) is 17.2 Å². The van der Waals surface area contributed by atoms with Crippen LogP contribution in [0, 0.1) is 0 Å². The summed E-state index contributed by atoms with van der Waals surface area (Å²) < 4.78 is 20.3. The lowest BCUT2D eigenvalue weighted by atomic mass is 9.96. The minimum absolute atomic E-state index is 0.0216. The van der Waals surface area contributed by atoms with Gasteiger partial charge in [-0.3, -0.25) is 4.79 Å². The van der Waals surface area contributed by atoms with E-state index in [2.05, 4.69) is 27.8 Å². The van der Waals surface area contributed by atoms with Crippen molar-refractivity contribution in [2.45, 2.75) is 18.6 Å². The molecule has 3 aromatic rings. The van der Waals surface area contributed by atoms with Crippen molar-refractivity contribution in [1.29, 1.82) is 0 Å². The third-order valence-electron chi connectivity index (χ3n) is 6.59. The van der Waals surface area contributed by atoms with Crippen molar-refractivity contribution in [2.24, 2.45) is 7.05 Å². The number of benzene rings is 2. The summed E-state index contributed by atoms with van der Waals surface area (Å²) in [4.78, 5) is 15.4. The van der Waals surface area contributed by atoms with Gasteiger partial charge in [-0.1, -0.05) is 22.5 Å². The molecular formula is C25H26BrN3O4. The van der Waals surface area contributed by atoms with Gasteiger partial charge in [0.15, 0.2) is 5.72 Å². The number of fused-ring (bicyclic) bond motifs is 2. The standard InChI is InChI=1S/C25H26BrN3O4/c1-15-17-13-16(26)5-6-21(17)33-25(27-15)9-11-29(12-10-25)24(30)19-14-18-20(31-3)7-8-22(32-4)23(18)28(19)2/h5-8,13-14,27H,1,9-12H2,2-4H3. The zero-order chi connectivity index (χ0) is 23.3. The summed E-state index contributed by atoms with van der Waals surface area (Å²) in [7, 11) is 5.14. The maximum atomic E-state index is 13.5. The van der Waals surface area contributed by atoms with E-state index in [1.54, 1.807) is 14.2 Å². The minimum Gasteiger partial charge on any atom is -0.496 e. The molecule has 8 heteroatoms. The van der Waals surface area contributed by atoms with Crippen LogP contribution in [-0.4, -0.2) is 48.4 Å². The smallest absolute Gasteiger partial charge is 0.270 e. The van der Waals surface area contributed by atoms with E-state index >= 15 is 0 Å². The first-order valence-electron chi connectivity index (χ1n) is 10.8. The third-order valence-corrected chi connectivity index (χ3v) is 7.08. The summed E-state index contributed by atoms with van der Waals surface area (Å²) in [5.41, 5.74) is 2.67. The van der Waals surface area contributed by atoms with Crippen LogP contribution < -0.4 is 19.5 Å². The molecule has 172 valence electrons. The monoisotopic (exact) mass is 511 g/mol. The van der Waals surface area contributed by atoms with Crippen molar-refractivity contribution >= 4 is 38.4 Å². The van der Waals surface area contributed by atoms with Gasteiger partial charge >= 0.3 is 0 Å². The van der Waals surface area contributed by atoms with E-state index in [4.69, 9.17) is 14.2 Å². The van der Waals surface area contributed by atoms with Crippen molar-refractivity contribution in [2.75, 3.05) is 27.3 Å². The molecule has 0 radical (unpaired) electrons. The Bertz CT molecular complexity index is 1270. The molecule has 1 saturated heterocycles. The lowest BCUT2D eigenvalue weighted by Crippen LogP contribution is -2.58. The van der Waals surface area contributed by atoms with Crippen LogP contribution in [0.2, 0.25) is 0 Å². The van der Waals surface area contributed by atoms with Crippen LogP contribution in [-0.2, 0) is 7.05 Å². The van der Waals surface area contributed by atoms with Crippen molar-refractivity contribution in [3.05, 3.63) is 58.7 Å². The quantitative estimate of drug-likeness (QED) is 0.559. The largest absolute Gasteiger partial charge is 0.496 e. The molecule has 1 fully saturated rings. The number of halogens is 1. The fourth-order valence-corrected chi connectivity index (χ4v) is 5.18. The molecule has 2 aliphatic heterocycles. The summed E-state index contributed by atoms with van der Waals surface area (Å²) in [6.45, 7) is 5.34. The maximum Gasteiger partial charge on any atom is 0.270 e. The number of carbonyl (C=O) groups excluding carboxylic acids is 1. The van der Waals surface area contributed by atoms with E-state index in [0.29, 0.717) is 43.1 Å². The fraction of sp³-hybridized carbons (Fsp3) is 0.320. The molecule has 1 amide bonds. The molecule has 0 aliphatic carbocycles. The SMILES string of the molecule is C=C1NC2(CCN(C(=O)c3cc4c(OC)ccc(OC)c4n3C)CC2)Oc2ccc(Br)cc21. The molecule has 1 aromatic heterocycles. The number of hydrogen-bond acceptors (Lipinski definition) is 5. The molecule has 0 saturated carbocycles. The van der Waals surface area contributed by atoms with Crippen LogP contribution in [0.25, 0.3) is 16.6 Å². The number of rotatable bonds is 3. The number of aromatic nitrogens is 1. The first kappa shape index (κ1) is 21.7. The van der Waals surface area contributed by atoms with E-state index in [0.717, 1.165) is 32.4 Å². The molecule has 1 spiro atoms. The summed E-state index contributed by atoms with van der Waals surface area (Å²) in [6.07, 6.45) is 1.31. The number of ether oxygens (including phenoxy) is 3. The van der Waals surface area contributed by atoms with Gasteiger partial charge < -0.3 is 29.0 Å². The molecule has 5 rings (SSSR count). The van der Waals surface area contributed by atoms with Gasteiger partial charge in [-0.05, 0) is 36.4 Å². The maximum absolute atomic E-state index is 13.5. The van der Waals surface area contributed by atoms with Gasteiger partial charge in [-0.25, -0.2) is 0 Å². The molecule has 1 N–H and O–H groups in total. The number of methoxy groups -OCH3 is 2. The summed E-state index contributed by atoms with van der Waals surface area (Å²) in [6, 6.07) is 11.5. The fourth-order valence-electron chi connectivity index (χ4n) is 4.82. The van der Waals surface area contributed by atoms with Crippen LogP contribution in [0.4, 0.5) is 0 Å². The Labute approximate surface area is 201 Å². The van der Waals surface area contributed by atoms with Gasteiger partial charge in [-0.2, -0.15) is 0 Å². The predicted molar refractivity (Wildman–Crippen MR) is 131 cm³/mol. The molecule has 2 aromatic carbocycles. The van der Waals surface area contributed by atoms with Crippen molar-refractivity contribution in [1.82, 2.24) is 14.8 Å². The Morgan fingerprint density at radius 2 is 1.82 bits per heavy atom. The van der Waals surface area contributed by atoms with Gasteiger partial charge in [0.2, 0.25) is 0 Å². The van der Waals surface area contributed by atoms with Gasteiger partial charge in [0.05, 0.1) is 19.7 Å². The van der Waals surface area contributed by atoms with E-state index in [-0.39, 0.29) is 5.91 Å². The predicted octanol–water partition coefficient (Wildman–Crippen LogP) is 4.54. The second kappa shape index (κ2) is 8.02. The van der Waals surface area contributed by atoms with Gasteiger partial charge in [0.1, 0.15) is 22.9 Å². The Balaban J connectivity index is 1.38. The molecule has 2 aliphatic rings. The average Bonchev–Trinajstić information content (AvgIpc) is 3.16. The van der Waals surface area contributed by atoms with Crippen molar-refractivity contribution in [3.63, 3.8) is 0 Å². The molecule has 0 unspecified atom stereocenters. The van der Waals surface area contributed by atoms with Crippen LogP contribution >= 0.6 is 15.9 Å². The van der Waals surface area contributed by atoms with E-state index in [9.17, 15) is 4.79 Å². The zero-order valence-corrected chi connectivity index (χ0v) is 20.5. The van der Waals surface area contributed by atoms with Crippen LogP contribution in [0.3, 0.4) is 0 Å².